The maximum Gasteiger partial charge on any atom is 0.450 e. The SMILES string of the molecule is COC(=O)C(C(=O)Nc1cccc2ccccc12)C(O)CC(=O)C(F)(F)F. The summed E-state index contributed by atoms with van der Waals surface area (Å²) in [5.74, 6) is -6.59. The molecule has 27 heavy (non-hydrogen) atoms. The molecule has 0 aromatic heterocycles. The molecule has 0 saturated heterocycles. The number of fused-ring (bicyclic) bond motifs is 1. The molecule has 0 saturated carbocycles. The number of hydrogen-bond acceptors (Lipinski definition) is 5. The smallest absolute Gasteiger partial charge is 0.450 e. The number of methoxy groups -OCH3 is 1. The molecule has 0 aliphatic rings. The number of aliphatic hydroxyl groups is 1. The first-order valence-electron chi connectivity index (χ1n) is 7.79. The number of ketones is 1. The zero-order chi connectivity index (χ0) is 20.2. The van der Waals surface area contributed by atoms with Crippen molar-refractivity contribution in [3.63, 3.8) is 0 Å². The van der Waals surface area contributed by atoms with Crippen LogP contribution in [-0.2, 0) is 19.1 Å². The van der Waals surface area contributed by atoms with Gasteiger partial charge in [0.25, 0.3) is 0 Å². The second-order valence-electron chi connectivity index (χ2n) is 5.71. The quantitative estimate of drug-likeness (QED) is 0.591. The monoisotopic (exact) mass is 383 g/mol. The van der Waals surface area contributed by atoms with Gasteiger partial charge < -0.3 is 15.2 Å². The van der Waals surface area contributed by atoms with Gasteiger partial charge in [0.05, 0.1) is 13.2 Å². The van der Waals surface area contributed by atoms with Gasteiger partial charge in [0.2, 0.25) is 11.7 Å². The third kappa shape index (κ3) is 4.82. The maximum absolute atomic E-state index is 12.5. The molecule has 2 aromatic rings. The van der Waals surface area contributed by atoms with Crippen molar-refractivity contribution in [2.45, 2.75) is 18.7 Å². The van der Waals surface area contributed by atoms with Crippen LogP contribution in [0.5, 0.6) is 0 Å². The minimum Gasteiger partial charge on any atom is -0.468 e. The molecule has 6 nitrogen and oxygen atoms in total. The van der Waals surface area contributed by atoms with E-state index in [4.69, 9.17) is 0 Å². The predicted octanol–water partition coefficient (Wildman–Crippen LogP) is 2.45. The molecule has 0 fully saturated rings. The molecular formula is C18H16F3NO5. The van der Waals surface area contributed by atoms with Crippen molar-refractivity contribution in [1.29, 1.82) is 0 Å². The Balaban J connectivity index is 2.27. The van der Waals surface area contributed by atoms with Crippen molar-refractivity contribution in [1.82, 2.24) is 0 Å². The van der Waals surface area contributed by atoms with Gasteiger partial charge in [-0.05, 0) is 11.5 Å². The number of ether oxygens (including phenoxy) is 1. The number of hydrogen-bond donors (Lipinski definition) is 2. The minimum absolute atomic E-state index is 0.293. The van der Waals surface area contributed by atoms with Gasteiger partial charge in [-0.2, -0.15) is 13.2 Å². The lowest BCUT2D eigenvalue weighted by Gasteiger charge is -2.20. The zero-order valence-electron chi connectivity index (χ0n) is 14.1. The van der Waals surface area contributed by atoms with Crippen LogP contribution in [0.2, 0.25) is 0 Å². The van der Waals surface area contributed by atoms with E-state index in [0.29, 0.717) is 11.1 Å². The summed E-state index contributed by atoms with van der Waals surface area (Å²) in [6.45, 7) is 0. The van der Waals surface area contributed by atoms with E-state index in [1.54, 1.807) is 36.4 Å². The fourth-order valence-electron chi connectivity index (χ4n) is 2.53. The Kier molecular flexibility index (Phi) is 6.17. The Morgan fingerprint density at radius 3 is 2.37 bits per heavy atom. The summed E-state index contributed by atoms with van der Waals surface area (Å²) < 4.78 is 41.6. The Morgan fingerprint density at radius 2 is 1.74 bits per heavy atom. The highest BCUT2D eigenvalue weighted by Crippen LogP contribution is 2.25. The van der Waals surface area contributed by atoms with Gasteiger partial charge >= 0.3 is 12.1 Å². The molecule has 1 amide bonds. The normalized spacial score (nSPS) is 13.7. The number of benzene rings is 2. The zero-order valence-corrected chi connectivity index (χ0v) is 14.1. The number of amides is 1. The molecule has 0 radical (unpaired) electrons. The number of alkyl halides is 3. The van der Waals surface area contributed by atoms with E-state index in [9.17, 15) is 32.7 Å². The lowest BCUT2D eigenvalue weighted by atomic mass is 9.96. The molecule has 2 N–H and O–H groups in total. The van der Waals surface area contributed by atoms with Gasteiger partial charge in [-0.15, -0.1) is 0 Å². The van der Waals surface area contributed by atoms with Crippen molar-refractivity contribution >= 4 is 34.1 Å². The Bertz CT molecular complexity index is 860. The van der Waals surface area contributed by atoms with Crippen LogP contribution in [-0.4, -0.2) is 42.2 Å². The van der Waals surface area contributed by atoms with E-state index in [2.05, 4.69) is 10.1 Å². The number of Topliss-reactive ketones (excluding diaryl/α,β-unsaturated/α-hetero) is 1. The fourth-order valence-corrected chi connectivity index (χ4v) is 2.53. The first-order chi connectivity index (χ1) is 12.6. The molecular weight excluding hydrogens is 367 g/mol. The summed E-state index contributed by atoms with van der Waals surface area (Å²) >= 11 is 0. The Labute approximate surface area is 151 Å². The van der Waals surface area contributed by atoms with Crippen LogP contribution in [0.1, 0.15) is 6.42 Å². The lowest BCUT2D eigenvalue weighted by molar-refractivity contribution is -0.174. The molecule has 2 rings (SSSR count). The molecule has 2 aromatic carbocycles. The number of carbonyl (C=O) groups is 3. The summed E-state index contributed by atoms with van der Waals surface area (Å²) in [6.07, 6.45) is -8.82. The minimum atomic E-state index is -5.19. The molecule has 0 aliphatic heterocycles. The number of esters is 1. The maximum atomic E-state index is 12.5. The predicted molar refractivity (Wildman–Crippen MR) is 89.8 cm³/mol. The summed E-state index contributed by atoms with van der Waals surface area (Å²) in [5, 5.41) is 13.7. The number of aliphatic hydroxyl groups excluding tert-OH is 1. The van der Waals surface area contributed by atoms with E-state index >= 15 is 0 Å². The van der Waals surface area contributed by atoms with Crippen LogP contribution in [0.25, 0.3) is 10.8 Å². The highest BCUT2D eigenvalue weighted by atomic mass is 19.4. The van der Waals surface area contributed by atoms with Crippen molar-refractivity contribution in [2.75, 3.05) is 12.4 Å². The molecule has 0 bridgehead atoms. The van der Waals surface area contributed by atoms with Gasteiger partial charge in [0.1, 0.15) is 0 Å². The number of nitrogens with one attached hydrogen (secondary N) is 1. The van der Waals surface area contributed by atoms with Crippen molar-refractivity contribution in [2.24, 2.45) is 5.92 Å². The lowest BCUT2D eigenvalue weighted by Crippen LogP contribution is -2.42. The van der Waals surface area contributed by atoms with Gasteiger partial charge in [-0.1, -0.05) is 36.4 Å². The number of anilines is 1. The number of rotatable bonds is 6. The van der Waals surface area contributed by atoms with E-state index in [-0.39, 0.29) is 0 Å². The van der Waals surface area contributed by atoms with E-state index < -0.39 is 42.3 Å². The molecule has 144 valence electrons. The van der Waals surface area contributed by atoms with Gasteiger partial charge in [-0.3, -0.25) is 14.4 Å². The first kappa shape index (κ1) is 20.4. The third-order valence-corrected chi connectivity index (χ3v) is 3.88. The van der Waals surface area contributed by atoms with Crippen molar-refractivity contribution < 1.29 is 37.4 Å². The van der Waals surface area contributed by atoms with Crippen molar-refractivity contribution in [3.05, 3.63) is 42.5 Å². The van der Waals surface area contributed by atoms with E-state index in [1.807, 2.05) is 0 Å². The number of halogens is 3. The standard InChI is InChI=1S/C18H16F3NO5/c1-27-17(26)15(13(23)9-14(24)18(19,20)21)16(25)22-12-8-4-6-10-5-2-3-7-11(10)12/h2-8,13,15,23H,9H2,1H3,(H,22,25). The highest BCUT2D eigenvalue weighted by molar-refractivity contribution is 6.09. The van der Waals surface area contributed by atoms with Crippen LogP contribution < -0.4 is 5.32 Å². The second kappa shape index (κ2) is 8.17. The van der Waals surface area contributed by atoms with E-state index in [0.717, 1.165) is 12.5 Å². The average Bonchev–Trinajstić information content (AvgIpc) is 2.61. The van der Waals surface area contributed by atoms with Crippen LogP contribution in [0.4, 0.5) is 18.9 Å². The molecule has 0 aliphatic carbocycles. The van der Waals surface area contributed by atoms with Crippen LogP contribution in [0.15, 0.2) is 42.5 Å². The topological polar surface area (TPSA) is 92.7 Å². The highest BCUT2D eigenvalue weighted by Gasteiger charge is 2.43. The molecule has 2 unspecified atom stereocenters. The second-order valence-corrected chi connectivity index (χ2v) is 5.71. The molecule has 0 spiro atoms. The van der Waals surface area contributed by atoms with Gasteiger partial charge in [0.15, 0.2) is 5.92 Å². The molecule has 9 heteroatoms. The Morgan fingerprint density at radius 1 is 1.11 bits per heavy atom. The van der Waals surface area contributed by atoms with Crippen molar-refractivity contribution in [3.8, 4) is 0 Å². The van der Waals surface area contributed by atoms with E-state index in [1.165, 1.54) is 6.07 Å². The summed E-state index contributed by atoms with van der Waals surface area (Å²) in [7, 11) is 0.916. The third-order valence-electron chi connectivity index (χ3n) is 3.88. The number of carbonyl (C=O) groups excluding carboxylic acids is 3. The summed E-state index contributed by atoms with van der Waals surface area (Å²) in [4.78, 5) is 35.4. The van der Waals surface area contributed by atoms with Crippen LogP contribution in [0, 0.1) is 5.92 Å². The molecule has 0 heterocycles. The summed E-state index contributed by atoms with van der Waals surface area (Å²) in [5.41, 5.74) is 0.293. The van der Waals surface area contributed by atoms with Gasteiger partial charge in [0, 0.05) is 17.5 Å². The first-order valence-corrected chi connectivity index (χ1v) is 7.79. The largest absolute Gasteiger partial charge is 0.468 e. The Hall–Kier alpha value is -2.94. The fraction of sp³-hybridized carbons (Fsp3) is 0.278. The molecule has 2 atom stereocenters. The van der Waals surface area contributed by atoms with Crippen LogP contribution in [0.3, 0.4) is 0 Å². The summed E-state index contributed by atoms with van der Waals surface area (Å²) in [6, 6.07) is 11.9. The van der Waals surface area contributed by atoms with Crippen LogP contribution >= 0.6 is 0 Å². The average molecular weight is 383 g/mol. The van der Waals surface area contributed by atoms with Gasteiger partial charge in [-0.25, -0.2) is 0 Å².